The molecule has 2 aliphatic rings. The largest absolute Gasteiger partial charge is 0.493 e. The molecule has 184 valence electrons. The lowest BCUT2D eigenvalue weighted by Gasteiger charge is -2.42. The van der Waals surface area contributed by atoms with E-state index >= 15 is 0 Å². The molecule has 7 heteroatoms. The van der Waals surface area contributed by atoms with Crippen LogP contribution in [0.15, 0.2) is 54.6 Å². The van der Waals surface area contributed by atoms with E-state index in [1.54, 1.807) is 4.31 Å². The highest BCUT2D eigenvalue weighted by Gasteiger charge is 2.42. The number of aryl methyl sites for hydroxylation is 1. The van der Waals surface area contributed by atoms with Gasteiger partial charge in [0.05, 0.1) is 12.4 Å². The minimum Gasteiger partial charge on any atom is -0.493 e. The summed E-state index contributed by atoms with van der Waals surface area (Å²) in [5.74, 6) is 0.839. The molecule has 0 N–H and O–H groups in total. The van der Waals surface area contributed by atoms with Gasteiger partial charge in [0.1, 0.15) is 5.75 Å². The van der Waals surface area contributed by atoms with Crippen LogP contribution < -0.4 is 4.74 Å². The van der Waals surface area contributed by atoms with Gasteiger partial charge in [0.2, 0.25) is 15.9 Å². The molecule has 2 aromatic carbocycles. The van der Waals surface area contributed by atoms with Gasteiger partial charge in [-0.05, 0) is 56.7 Å². The van der Waals surface area contributed by atoms with Crippen molar-refractivity contribution >= 4 is 15.9 Å². The zero-order valence-electron chi connectivity index (χ0n) is 20.1. The molecule has 0 radical (unpaired) electrons. The Bertz CT molecular complexity index is 1070. The van der Waals surface area contributed by atoms with Crippen LogP contribution in [0.25, 0.3) is 0 Å². The Balaban J connectivity index is 1.53. The highest BCUT2D eigenvalue weighted by Crippen LogP contribution is 2.37. The Labute approximate surface area is 204 Å². The van der Waals surface area contributed by atoms with E-state index in [0.717, 1.165) is 62.1 Å². The second-order valence-electron chi connectivity index (χ2n) is 9.90. The number of likely N-dealkylation sites (tertiary alicyclic amines) is 1. The first kappa shape index (κ1) is 24.7. The number of hydrogen-bond donors (Lipinski definition) is 0. The normalized spacial score (nSPS) is 21.9. The molecule has 2 fully saturated rings. The molecule has 0 aromatic heterocycles. The second kappa shape index (κ2) is 10.9. The number of benzene rings is 2. The topological polar surface area (TPSA) is 66.9 Å². The number of nitrogens with zero attached hydrogens (tertiary/aromatic N) is 2. The smallest absolute Gasteiger partial charge is 0.223 e. The van der Waals surface area contributed by atoms with Crippen molar-refractivity contribution in [2.75, 3.05) is 32.8 Å². The predicted molar refractivity (Wildman–Crippen MR) is 134 cm³/mol. The molecular weight excluding hydrogens is 448 g/mol. The third-order valence-corrected chi connectivity index (χ3v) is 8.77. The minimum atomic E-state index is -3.51. The summed E-state index contributed by atoms with van der Waals surface area (Å²) in [4.78, 5) is 15.2. The SMILES string of the molecule is Cc1cccc(CS(=O)(=O)N2CCC[C@@](COc3ccccc3)(CC(=O)N3CCCCC3)C2)c1. The Hall–Kier alpha value is -2.38. The molecule has 34 heavy (non-hydrogen) atoms. The van der Waals surface area contributed by atoms with Crippen LogP contribution in [0.1, 0.15) is 49.7 Å². The van der Waals surface area contributed by atoms with Gasteiger partial charge in [-0.15, -0.1) is 0 Å². The molecule has 6 nitrogen and oxygen atoms in total. The van der Waals surface area contributed by atoms with E-state index < -0.39 is 15.4 Å². The van der Waals surface area contributed by atoms with Gasteiger partial charge in [0, 0.05) is 38.0 Å². The fraction of sp³-hybridized carbons (Fsp3) is 0.519. The van der Waals surface area contributed by atoms with Gasteiger partial charge in [-0.3, -0.25) is 4.79 Å². The van der Waals surface area contributed by atoms with Gasteiger partial charge in [0.25, 0.3) is 0 Å². The maximum Gasteiger partial charge on any atom is 0.223 e. The van der Waals surface area contributed by atoms with Gasteiger partial charge < -0.3 is 9.64 Å². The van der Waals surface area contributed by atoms with Crippen LogP contribution in [0.4, 0.5) is 0 Å². The zero-order valence-corrected chi connectivity index (χ0v) is 20.9. The summed E-state index contributed by atoms with van der Waals surface area (Å²) >= 11 is 0. The average Bonchev–Trinajstić information content (AvgIpc) is 2.84. The Morgan fingerprint density at radius 1 is 0.971 bits per heavy atom. The van der Waals surface area contributed by atoms with Crippen LogP contribution >= 0.6 is 0 Å². The maximum atomic E-state index is 13.4. The highest BCUT2D eigenvalue weighted by atomic mass is 32.2. The summed E-state index contributed by atoms with van der Waals surface area (Å²) in [5.41, 5.74) is 1.30. The van der Waals surface area contributed by atoms with Gasteiger partial charge in [0.15, 0.2) is 0 Å². The van der Waals surface area contributed by atoms with E-state index in [9.17, 15) is 13.2 Å². The number of sulfonamides is 1. The van der Waals surface area contributed by atoms with E-state index in [0.29, 0.717) is 26.1 Å². The van der Waals surface area contributed by atoms with Gasteiger partial charge in [-0.1, -0.05) is 48.0 Å². The standard InChI is InChI=1S/C27H36N2O4S/c1-23-10-8-11-24(18-23)20-34(31,32)29-17-9-14-27(21-29,22-33-25-12-4-2-5-13-25)19-26(30)28-15-6-3-7-16-28/h2,4-5,8,10-13,18H,3,6-7,9,14-17,19-22H2,1H3/t27-/m1/s1. The molecule has 4 rings (SSSR count). The van der Waals surface area contributed by atoms with E-state index in [-0.39, 0.29) is 11.7 Å². The van der Waals surface area contributed by atoms with Gasteiger partial charge in [-0.25, -0.2) is 12.7 Å². The third-order valence-electron chi connectivity index (χ3n) is 6.97. The molecule has 2 aliphatic heterocycles. The van der Waals surface area contributed by atoms with Crippen molar-refractivity contribution in [3.63, 3.8) is 0 Å². The number of carbonyl (C=O) groups excluding carboxylic acids is 1. The van der Waals surface area contributed by atoms with Crippen molar-refractivity contribution in [2.45, 2.75) is 51.2 Å². The first-order valence-corrected chi connectivity index (χ1v) is 14.0. The number of piperidine rings is 2. The summed E-state index contributed by atoms with van der Waals surface area (Å²) in [6.07, 6.45) is 5.05. The molecule has 0 aliphatic carbocycles. The summed E-state index contributed by atoms with van der Waals surface area (Å²) in [5, 5.41) is 0. The highest BCUT2D eigenvalue weighted by molar-refractivity contribution is 7.88. The molecule has 2 aromatic rings. The molecule has 0 unspecified atom stereocenters. The van der Waals surface area contributed by atoms with E-state index in [1.807, 2.05) is 66.4 Å². The molecule has 0 spiro atoms. The number of ether oxygens (including phenoxy) is 1. The molecule has 2 heterocycles. The van der Waals surface area contributed by atoms with Crippen LogP contribution in [0.2, 0.25) is 0 Å². The molecular formula is C27H36N2O4S. The van der Waals surface area contributed by atoms with E-state index in [2.05, 4.69) is 0 Å². The monoisotopic (exact) mass is 484 g/mol. The molecule has 0 bridgehead atoms. The lowest BCUT2D eigenvalue weighted by molar-refractivity contribution is -0.136. The molecule has 1 amide bonds. The van der Waals surface area contributed by atoms with Crippen molar-refractivity contribution in [3.05, 3.63) is 65.7 Å². The van der Waals surface area contributed by atoms with Crippen LogP contribution in [-0.4, -0.2) is 56.3 Å². The summed E-state index contributed by atoms with van der Waals surface area (Å²) in [7, 11) is -3.51. The summed E-state index contributed by atoms with van der Waals surface area (Å²) in [6, 6.07) is 17.2. The first-order chi connectivity index (χ1) is 16.4. The first-order valence-electron chi connectivity index (χ1n) is 12.3. The van der Waals surface area contributed by atoms with Crippen molar-refractivity contribution in [1.82, 2.24) is 9.21 Å². The maximum absolute atomic E-state index is 13.4. The quantitative estimate of drug-likeness (QED) is 0.557. The Morgan fingerprint density at radius 3 is 2.47 bits per heavy atom. The zero-order chi connectivity index (χ0) is 24.0. The fourth-order valence-electron chi connectivity index (χ4n) is 5.15. The number of hydrogen-bond acceptors (Lipinski definition) is 4. The van der Waals surface area contributed by atoms with Crippen LogP contribution in [0.3, 0.4) is 0 Å². The van der Waals surface area contributed by atoms with Crippen molar-refractivity contribution in [1.29, 1.82) is 0 Å². The lowest BCUT2D eigenvalue weighted by atomic mass is 9.78. The fourth-order valence-corrected chi connectivity index (χ4v) is 6.81. The number of carbonyl (C=O) groups is 1. The number of rotatable bonds is 8. The average molecular weight is 485 g/mol. The van der Waals surface area contributed by atoms with E-state index in [1.165, 1.54) is 0 Å². The van der Waals surface area contributed by atoms with Gasteiger partial charge >= 0.3 is 0 Å². The second-order valence-corrected chi connectivity index (χ2v) is 11.9. The van der Waals surface area contributed by atoms with Crippen LogP contribution in [-0.2, 0) is 20.6 Å². The Kier molecular flexibility index (Phi) is 7.94. The Morgan fingerprint density at radius 2 is 1.74 bits per heavy atom. The van der Waals surface area contributed by atoms with Crippen molar-refractivity contribution in [2.24, 2.45) is 5.41 Å². The summed E-state index contributed by atoms with van der Waals surface area (Å²) in [6.45, 7) is 4.68. The van der Waals surface area contributed by atoms with Crippen molar-refractivity contribution in [3.8, 4) is 5.75 Å². The third kappa shape index (κ3) is 6.39. The summed E-state index contributed by atoms with van der Waals surface area (Å²) < 4.78 is 34.5. The molecule has 2 saturated heterocycles. The van der Waals surface area contributed by atoms with Crippen LogP contribution in [0, 0.1) is 12.3 Å². The number of amides is 1. The van der Waals surface area contributed by atoms with Crippen molar-refractivity contribution < 1.29 is 17.9 Å². The predicted octanol–water partition coefficient (Wildman–Crippen LogP) is 4.39. The lowest BCUT2D eigenvalue weighted by Crippen LogP contribution is -2.51. The van der Waals surface area contributed by atoms with Gasteiger partial charge in [-0.2, -0.15) is 0 Å². The minimum absolute atomic E-state index is 0.0234. The molecule has 0 saturated carbocycles. The van der Waals surface area contributed by atoms with Crippen LogP contribution in [0.5, 0.6) is 5.75 Å². The molecule has 1 atom stereocenters. The van der Waals surface area contributed by atoms with E-state index in [4.69, 9.17) is 4.74 Å². The number of para-hydroxylation sites is 1.